The van der Waals surface area contributed by atoms with E-state index in [2.05, 4.69) is 40.1 Å². The van der Waals surface area contributed by atoms with Crippen LogP contribution in [-0.4, -0.2) is 68.5 Å². The van der Waals surface area contributed by atoms with Crippen molar-refractivity contribution in [2.75, 3.05) is 38.5 Å². The fourth-order valence-electron chi connectivity index (χ4n) is 5.21. The highest BCUT2D eigenvalue weighted by atomic mass is 16.5. The van der Waals surface area contributed by atoms with Gasteiger partial charge in [0.2, 0.25) is 5.88 Å². The van der Waals surface area contributed by atoms with Gasteiger partial charge in [-0.2, -0.15) is 4.98 Å². The number of rotatable bonds is 7. The van der Waals surface area contributed by atoms with Gasteiger partial charge in [-0.15, -0.1) is 0 Å². The van der Waals surface area contributed by atoms with Crippen LogP contribution in [0.3, 0.4) is 0 Å². The molecular formula is C33H35N7O2. The number of benzene rings is 2. The first-order valence-corrected chi connectivity index (χ1v) is 14.2. The molecule has 0 unspecified atom stereocenters. The van der Waals surface area contributed by atoms with E-state index in [1.54, 1.807) is 18.5 Å². The molecule has 3 aromatic heterocycles. The molecule has 0 radical (unpaired) electrons. The summed E-state index contributed by atoms with van der Waals surface area (Å²) in [4.78, 5) is 31.7. The third-order valence-corrected chi connectivity index (χ3v) is 7.87. The molecule has 1 aliphatic rings. The maximum absolute atomic E-state index is 13.3. The number of piperazine rings is 1. The minimum atomic E-state index is -0.199. The summed E-state index contributed by atoms with van der Waals surface area (Å²) >= 11 is 0. The number of nitrogens with one attached hydrogen (secondary N) is 1. The molecule has 1 fully saturated rings. The van der Waals surface area contributed by atoms with Gasteiger partial charge in [-0.25, -0.2) is 4.98 Å². The van der Waals surface area contributed by atoms with E-state index < -0.39 is 0 Å². The number of nitrogens with zero attached hydrogens (tertiary/aromatic N) is 6. The van der Waals surface area contributed by atoms with Gasteiger partial charge in [-0.1, -0.05) is 12.1 Å². The normalized spacial score (nSPS) is 14.3. The van der Waals surface area contributed by atoms with Crippen molar-refractivity contribution in [3.05, 3.63) is 95.4 Å². The van der Waals surface area contributed by atoms with E-state index in [9.17, 15) is 4.79 Å². The van der Waals surface area contributed by atoms with Crippen molar-refractivity contribution in [3.8, 4) is 23.0 Å². The van der Waals surface area contributed by atoms with Gasteiger partial charge in [0.1, 0.15) is 11.3 Å². The van der Waals surface area contributed by atoms with Gasteiger partial charge < -0.3 is 19.5 Å². The number of pyridine rings is 1. The van der Waals surface area contributed by atoms with Gasteiger partial charge in [0.05, 0.1) is 5.52 Å². The SMILES string of the molecule is Cc1cc(NC(=O)c2ccc(C)c(Oc3nc(-c4ccncc4)nc4ccn(C)c34)c2)ccc1CN1CCN(C)CC1. The Labute approximate surface area is 245 Å². The number of likely N-dealkylation sites (N-methyl/N-ethyl adjacent to an activating group) is 1. The van der Waals surface area contributed by atoms with Gasteiger partial charge in [0, 0.05) is 75.2 Å². The van der Waals surface area contributed by atoms with Crippen molar-refractivity contribution in [2.24, 2.45) is 7.05 Å². The maximum atomic E-state index is 13.3. The Bertz CT molecular complexity index is 1740. The van der Waals surface area contributed by atoms with E-state index in [0.29, 0.717) is 23.0 Å². The molecule has 214 valence electrons. The Morgan fingerprint density at radius 3 is 2.45 bits per heavy atom. The molecule has 1 N–H and O–H groups in total. The Morgan fingerprint density at radius 1 is 0.905 bits per heavy atom. The van der Waals surface area contributed by atoms with Crippen LogP contribution in [0.4, 0.5) is 5.69 Å². The molecule has 0 saturated carbocycles. The first-order valence-electron chi connectivity index (χ1n) is 14.2. The van der Waals surface area contributed by atoms with Crippen molar-refractivity contribution in [1.29, 1.82) is 0 Å². The number of hydrogen-bond donors (Lipinski definition) is 1. The van der Waals surface area contributed by atoms with E-state index in [1.165, 1.54) is 11.1 Å². The lowest BCUT2D eigenvalue weighted by Crippen LogP contribution is -2.43. The van der Waals surface area contributed by atoms with Crippen molar-refractivity contribution in [1.82, 2.24) is 29.3 Å². The number of aromatic nitrogens is 4. The number of aryl methyl sites for hydroxylation is 3. The average molecular weight is 562 g/mol. The molecule has 4 heterocycles. The summed E-state index contributed by atoms with van der Waals surface area (Å²) in [6, 6.07) is 17.3. The summed E-state index contributed by atoms with van der Waals surface area (Å²) in [5.74, 6) is 1.33. The van der Waals surface area contributed by atoms with Crippen LogP contribution >= 0.6 is 0 Å². The predicted molar refractivity (Wildman–Crippen MR) is 165 cm³/mol. The molecule has 0 bridgehead atoms. The maximum Gasteiger partial charge on any atom is 0.255 e. The summed E-state index contributed by atoms with van der Waals surface area (Å²) in [6.07, 6.45) is 5.35. The highest BCUT2D eigenvalue weighted by Crippen LogP contribution is 2.32. The predicted octanol–water partition coefficient (Wildman–Crippen LogP) is 5.44. The number of fused-ring (bicyclic) bond motifs is 1. The third-order valence-electron chi connectivity index (χ3n) is 7.87. The molecule has 5 aromatic rings. The van der Waals surface area contributed by atoms with Crippen molar-refractivity contribution >= 4 is 22.6 Å². The molecule has 0 aliphatic carbocycles. The van der Waals surface area contributed by atoms with Gasteiger partial charge in [0.25, 0.3) is 5.91 Å². The number of amides is 1. The van der Waals surface area contributed by atoms with E-state index in [0.717, 1.165) is 60.6 Å². The average Bonchev–Trinajstić information content (AvgIpc) is 3.37. The highest BCUT2D eigenvalue weighted by Gasteiger charge is 2.18. The Balaban J connectivity index is 1.22. The van der Waals surface area contributed by atoms with Gasteiger partial charge >= 0.3 is 0 Å². The zero-order chi connectivity index (χ0) is 29.2. The van der Waals surface area contributed by atoms with E-state index in [-0.39, 0.29) is 5.91 Å². The molecule has 1 amide bonds. The Kier molecular flexibility index (Phi) is 7.69. The topological polar surface area (TPSA) is 88.4 Å². The fraction of sp³-hybridized carbons (Fsp3) is 0.273. The van der Waals surface area contributed by atoms with Crippen LogP contribution in [0.2, 0.25) is 0 Å². The molecule has 0 atom stereocenters. The second kappa shape index (κ2) is 11.7. The smallest absolute Gasteiger partial charge is 0.255 e. The van der Waals surface area contributed by atoms with Crippen LogP contribution in [0.5, 0.6) is 11.6 Å². The molecule has 0 spiro atoms. The summed E-state index contributed by atoms with van der Waals surface area (Å²) < 4.78 is 8.34. The number of anilines is 1. The summed E-state index contributed by atoms with van der Waals surface area (Å²) in [7, 11) is 4.10. The fourth-order valence-corrected chi connectivity index (χ4v) is 5.21. The first kappa shape index (κ1) is 27.6. The van der Waals surface area contributed by atoms with Crippen LogP contribution in [0.25, 0.3) is 22.4 Å². The second-order valence-electron chi connectivity index (χ2n) is 11.0. The van der Waals surface area contributed by atoms with Crippen LogP contribution < -0.4 is 10.1 Å². The lowest BCUT2D eigenvalue weighted by atomic mass is 10.1. The van der Waals surface area contributed by atoms with Crippen LogP contribution in [0.15, 0.2) is 73.2 Å². The van der Waals surface area contributed by atoms with E-state index >= 15 is 0 Å². The zero-order valence-corrected chi connectivity index (χ0v) is 24.5. The minimum Gasteiger partial charge on any atom is -0.437 e. The molecular weight excluding hydrogens is 526 g/mol. The van der Waals surface area contributed by atoms with Crippen LogP contribution in [0.1, 0.15) is 27.0 Å². The third kappa shape index (κ3) is 5.88. The van der Waals surface area contributed by atoms with Crippen molar-refractivity contribution < 1.29 is 9.53 Å². The Hall–Kier alpha value is -4.60. The van der Waals surface area contributed by atoms with Crippen molar-refractivity contribution in [3.63, 3.8) is 0 Å². The summed E-state index contributed by atoms with van der Waals surface area (Å²) in [6.45, 7) is 9.30. The summed E-state index contributed by atoms with van der Waals surface area (Å²) in [5, 5.41) is 3.06. The van der Waals surface area contributed by atoms with Gasteiger partial charge in [0.15, 0.2) is 5.82 Å². The lowest BCUT2D eigenvalue weighted by Gasteiger charge is -2.32. The molecule has 42 heavy (non-hydrogen) atoms. The number of carbonyl (C=O) groups is 1. The summed E-state index contributed by atoms with van der Waals surface area (Å²) in [5.41, 5.74) is 7.00. The second-order valence-corrected chi connectivity index (χ2v) is 11.0. The first-order chi connectivity index (χ1) is 20.3. The molecule has 2 aromatic carbocycles. The number of carbonyl (C=O) groups excluding carboxylic acids is 1. The molecule has 1 aliphatic heterocycles. The largest absolute Gasteiger partial charge is 0.437 e. The molecule has 9 nitrogen and oxygen atoms in total. The van der Waals surface area contributed by atoms with Crippen LogP contribution in [0, 0.1) is 13.8 Å². The standard InChI is InChI=1S/C33H35N7O2/c1-22-5-6-25(32(41)35-27-8-7-26(23(2)19-27)21-40-17-15-38(3)16-18-40)20-29(22)42-33-30-28(11-14-39(30)4)36-31(37-33)24-9-12-34-13-10-24/h5-14,19-20H,15-18,21H2,1-4H3,(H,35,41). The Morgan fingerprint density at radius 2 is 1.69 bits per heavy atom. The van der Waals surface area contributed by atoms with Gasteiger partial charge in [-0.3, -0.25) is 14.7 Å². The zero-order valence-electron chi connectivity index (χ0n) is 24.5. The molecule has 9 heteroatoms. The highest BCUT2D eigenvalue weighted by molar-refractivity contribution is 6.04. The van der Waals surface area contributed by atoms with E-state index in [4.69, 9.17) is 14.7 Å². The number of ether oxygens (including phenoxy) is 1. The van der Waals surface area contributed by atoms with E-state index in [1.807, 2.05) is 67.2 Å². The minimum absolute atomic E-state index is 0.199. The monoisotopic (exact) mass is 561 g/mol. The van der Waals surface area contributed by atoms with Gasteiger partial charge in [-0.05, 0) is 80.1 Å². The lowest BCUT2D eigenvalue weighted by molar-refractivity contribution is 0.102. The quantitative estimate of drug-likeness (QED) is 0.283. The number of hydrogen-bond acceptors (Lipinski definition) is 7. The molecule has 1 saturated heterocycles. The molecule has 6 rings (SSSR count). The van der Waals surface area contributed by atoms with Crippen molar-refractivity contribution in [2.45, 2.75) is 20.4 Å². The van der Waals surface area contributed by atoms with Crippen LogP contribution in [-0.2, 0) is 13.6 Å².